The predicted octanol–water partition coefficient (Wildman–Crippen LogP) is 2.37. The molecule has 180 valence electrons. The van der Waals surface area contributed by atoms with Crippen LogP contribution in [0, 0.1) is 0 Å². The molecule has 3 aromatic rings. The molecule has 35 heavy (non-hydrogen) atoms. The highest BCUT2D eigenvalue weighted by atomic mass is 32.2. The maximum absolute atomic E-state index is 13.2. The summed E-state index contributed by atoms with van der Waals surface area (Å²) in [4.78, 5) is 31.5. The van der Waals surface area contributed by atoms with Crippen LogP contribution in [0.4, 0.5) is 5.69 Å². The van der Waals surface area contributed by atoms with Crippen molar-refractivity contribution < 1.29 is 32.6 Å². The van der Waals surface area contributed by atoms with Gasteiger partial charge in [-0.3, -0.25) is 19.5 Å². The maximum Gasteiger partial charge on any atom is 0.300 e. The first-order valence-electron chi connectivity index (χ1n) is 10.2. The van der Waals surface area contributed by atoms with Crippen molar-refractivity contribution in [3.05, 3.63) is 83.7 Å². The fraction of sp³-hybridized carbons (Fsp3) is 0.125. The van der Waals surface area contributed by atoms with Crippen LogP contribution in [0.1, 0.15) is 17.2 Å². The van der Waals surface area contributed by atoms with E-state index < -0.39 is 33.5 Å². The third-order valence-electron chi connectivity index (χ3n) is 5.55. The second-order valence-electron chi connectivity index (χ2n) is 7.56. The molecule has 0 bridgehead atoms. The number of hydrogen-bond donors (Lipinski definition) is 2. The number of benzene rings is 2. The Morgan fingerprint density at radius 2 is 1.77 bits per heavy atom. The number of pyridine rings is 1. The summed E-state index contributed by atoms with van der Waals surface area (Å²) in [5.74, 6) is -1.57. The molecule has 10 nitrogen and oxygen atoms in total. The molecule has 11 heteroatoms. The Bertz CT molecular complexity index is 1440. The van der Waals surface area contributed by atoms with Crippen molar-refractivity contribution >= 4 is 33.2 Å². The van der Waals surface area contributed by atoms with Gasteiger partial charge in [0.2, 0.25) is 10.0 Å². The molecule has 0 saturated carbocycles. The van der Waals surface area contributed by atoms with Gasteiger partial charge < -0.3 is 14.6 Å². The molecule has 1 fully saturated rings. The number of rotatable bonds is 6. The fourth-order valence-electron chi connectivity index (χ4n) is 3.89. The number of anilines is 1. The molecule has 0 radical (unpaired) electrons. The summed E-state index contributed by atoms with van der Waals surface area (Å²) in [5, 5.41) is 16.4. The molecule has 1 unspecified atom stereocenters. The predicted molar refractivity (Wildman–Crippen MR) is 126 cm³/mol. The molecule has 1 aliphatic heterocycles. The van der Waals surface area contributed by atoms with Gasteiger partial charge in [-0.25, -0.2) is 13.6 Å². The molecule has 1 atom stereocenters. The van der Waals surface area contributed by atoms with E-state index in [1.54, 1.807) is 18.2 Å². The van der Waals surface area contributed by atoms with Gasteiger partial charge in [0.15, 0.2) is 0 Å². The number of sulfonamides is 1. The monoisotopic (exact) mass is 495 g/mol. The summed E-state index contributed by atoms with van der Waals surface area (Å²) in [6.45, 7) is 0. The number of aliphatic hydroxyl groups is 1. The van der Waals surface area contributed by atoms with Crippen LogP contribution >= 0.6 is 0 Å². The van der Waals surface area contributed by atoms with Crippen LogP contribution in [0.5, 0.6) is 11.5 Å². The van der Waals surface area contributed by atoms with E-state index in [1.165, 1.54) is 67.9 Å². The Hall–Kier alpha value is -4.22. The van der Waals surface area contributed by atoms with E-state index in [0.717, 1.165) is 0 Å². The van der Waals surface area contributed by atoms with E-state index in [0.29, 0.717) is 11.3 Å². The lowest BCUT2D eigenvalue weighted by Crippen LogP contribution is -2.29. The zero-order valence-electron chi connectivity index (χ0n) is 18.7. The number of nitrogens with zero attached hydrogens (tertiary/aromatic N) is 2. The number of methoxy groups -OCH3 is 2. The zero-order chi connectivity index (χ0) is 25.3. The van der Waals surface area contributed by atoms with Crippen molar-refractivity contribution in [1.29, 1.82) is 0 Å². The van der Waals surface area contributed by atoms with Crippen LogP contribution in [-0.4, -0.2) is 44.4 Å². The van der Waals surface area contributed by atoms with Crippen molar-refractivity contribution in [3.8, 4) is 11.5 Å². The first kappa shape index (κ1) is 23.9. The first-order valence-corrected chi connectivity index (χ1v) is 11.8. The average Bonchev–Trinajstić information content (AvgIpc) is 3.13. The van der Waals surface area contributed by atoms with Gasteiger partial charge in [-0.2, -0.15) is 0 Å². The third kappa shape index (κ3) is 4.34. The number of ketones is 1. The molecular weight excluding hydrogens is 474 g/mol. The lowest BCUT2D eigenvalue weighted by molar-refractivity contribution is -0.132. The van der Waals surface area contributed by atoms with Crippen molar-refractivity contribution in [2.24, 2.45) is 5.14 Å². The number of amides is 1. The standard InChI is InChI=1S/C24H21N3O7S/c1-33-16-7-10-18(19(12-16)34-2)22(28)20-21(14-4-3-11-26-13-14)27(24(30)23(20)29)15-5-8-17(9-6-15)35(25,31)32/h3-13,21,28H,1-2H3,(H2,25,31,32)/b22-20-. The van der Waals surface area contributed by atoms with E-state index in [9.17, 15) is 23.1 Å². The quantitative estimate of drug-likeness (QED) is 0.301. The summed E-state index contributed by atoms with van der Waals surface area (Å²) in [5.41, 5.74) is 0.692. The zero-order valence-corrected chi connectivity index (χ0v) is 19.5. The van der Waals surface area contributed by atoms with E-state index in [2.05, 4.69) is 4.98 Å². The lowest BCUT2D eigenvalue weighted by atomic mass is 9.95. The third-order valence-corrected chi connectivity index (χ3v) is 6.48. The molecule has 4 rings (SSSR count). The van der Waals surface area contributed by atoms with Crippen LogP contribution < -0.4 is 19.5 Å². The number of ether oxygens (including phenoxy) is 2. The molecule has 1 aromatic heterocycles. The molecule has 1 saturated heterocycles. The Morgan fingerprint density at radius 1 is 1.06 bits per heavy atom. The second kappa shape index (κ2) is 9.20. The van der Waals surface area contributed by atoms with E-state index in [-0.39, 0.29) is 27.5 Å². The van der Waals surface area contributed by atoms with Gasteiger partial charge >= 0.3 is 0 Å². The van der Waals surface area contributed by atoms with Crippen LogP contribution in [-0.2, 0) is 19.6 Å². The summed E-state index contributed by atoms with van der Waals surface area (Å²) in [7, 11) is -1.09. The molecule has 2 heterocycles. The highest BCUT2D eigenvalue weighted by molar-refractivity contribution is 7.89. The van der Waals surface area contributed by atoms with Crippen molar-refractivity contribution in [1.82, 2.24) is 4.98 Å². The van der Waals surface area contributed by atoms with Gasteiger partial charge in [-0.15, -0.1) is 0 Å². The maximum atomic E-state index is 13.2. The topological polar surface area (TPSA) is 149 Å². The van der Waals surface area contributed by atoms with Crippen LogP contribution in [0.15, 0.2) is 77.5 Å². The number of hydrogen-bond acceptors (Lipinski definition) is 8. The summed E-state index contributed by atoms with van der Waals surface area (Å²) in [6, 6.07) is 12.1. The van der Waals surface area contributed by atoms with E-state index in [1.807, 2.05) is 0 Å². The van der Waals surface area contributed by atoms with E-state index in [4.69, 9.17) is 14.6 Å². The normalized spacial score (nSPS) is 17.5. The minimum absolute atomic E-state index is 0.154. The highest BCUT2D eigenvalue weighted by Crippen LogP contribution is 2.43. The minimum Gasteiger partial charge on any atom is -0.507 e. The van der Waals surface area contributed by atoms with Gasteiger partial charge in [0.25, 0.3) is 11.7 Å². The molecule has 1 amide bonds. The molecule has 0 aliphatic carbocycles. The Balaban J connectivity index is 1.93. The Morgan fingerprint density at radius 3 is 2.34 bits per heavy atom. The Kier molecular flexibility index (Phi) is 6.29. The van der Waals surface area contributed by atoms with Crippen molar-refractivity contribution in [2.45, 2.75) is 10.9 Å². The molecule has 1 aliphatic rings. The molecule has 3 N–H and O–H groups in total. The largest absolute Gasteiger partial charge is 0.507 e. The van der Waals surface area contributed by atoms with Gasteiger partial charge in [0.05, 0.1) is 36.3 Å². The Labute approximate surface area is 201 Å². The summed E-state index contributed by atoms with van der Waals surface area (Å²) in [6.07, 6.45) is 3.00. The molecular formula is C24H21N3O7S. The van der Waals surface area contributed by atoms with E-state index >= 15 is 0 Å². The fourth-order valence-corrected chi connectivity index (χ4v) is 4.40. The number of nitrogens with two attached hydrogens (primary N) is 1. The number of aliphatic hydroxyl groups excluding tert-OH is 1. The number of aromatic nitrogens is 1. The van der Waals surface area contributed by atoms with Gasteiger partial charge in [-0.05, 0) is 48.0 Å². The number of Topliss-reactive ketones (excluding diaryl/α,β-unsaturated/α-hetero) is 1. The number of primary sulfonamides is 1. The lowest BCUT2D eigenvalue weighted by Gasteiger charge is -2.25. The number of carbonyl (C=O) groups excluding carboxylic acids is 2. The number of carbonyl (C=O) groups is 2. The second-order valence-corrected chi connectivity index (χ2v) is 9.12. The van der Waals surface area contributed by atoms with Crippen LogP contribution in [0.25, 0.3) is 5.76 Å². The first-order chi connectivity index (χ1) is 16.7. The molecule has 2 aromatic carbocycles. The van der Waals surface area contributed by atoms with Gasteiger partial charge in [-0.1, -0.05) is 6.07 Å². The van der Waals surface area contributed by atoms with Crippen LogP contribution in [0.2, 0.25) is 0 Å². The average molecular weight is 496 g/mol. The molecule has 0 spiro atoms. The summed E-state index contributed by atoms with van der Waals surface area (Å²) < 4.78 is 33.8. The SMILES string of the molecule is COc1ccc(/C(O)=C2/C(=O)C(=O)N(c3ccc(S(N)(=O)=O)cc3)C2c2cccnc2)c(OC)c1. The van der Waals surface area contributed by atoms with Crippen molar-refractivity contribution in [2.75, 3.05) is 19.1 Å². The van der Waals surface area contributed by atoms with Gasteiger partial charge in [0, 0.05) is 24.1 Å². The smallest absolute Gasteiger partial charge is 0.300 e. The van der Waals surface area contributed by atoms with Crippen molar-refractivity contribution in [3.63, 3.8) is 0 Å². The van der Waals surface area contributed by atoms with Crippen LogP contribution in [0.3, 0.4) is 0 Å². The highest BCUT2D eigenvalue weighted by Gasteiger charge is 2.47. The summed E-state index contributed by atoms with van der Waals surface area (Å²) >= 11 is 0. The minimum atomic E-state index is -3.96. The van der Waals surface area contributed by atoms with Gasteiger partial charge in [0.1, 0.15) is 17.3 Å².